The predicted octanol–water partition coefficient (Wildman–Crippen LogP) is 24.2. The van der Waals surface area contributed by atoms with Crippen molar-refractivity contribution in [3.63, 3.8) is 0 Å². The summed E-state index contributed by atoms with van der Waals surface area (Å²) in [4.78, 5) is 73.1. The number of aliphatic hydroxyl groups is 1. The molecule has 0 saturated heterocycles. The van der Waals surface area contributed by atoms with Gasteiger partial charge in [0.05, 0.1) is 26.4 Å². The summed E-state index contributed by atoms with van der Waals surface area (Å²) in [7, 11) is -9.93. The molecule has 0 amide bonds. The van der Waals surface area contributed by atoms with Crippen LogP contribution in [-0.4, -0.2) is 96.7 Å². The second kappa shape index (κ2) is 73.1. The lowest BCUT2D eigenvalue weighted by atomic mass is 9.99. The van der Waals surface area contributed by atoms with Crippen molar-refractivity contribution in [2.75, 3.05) is 39.6 Å². The summed E-state index contributed by atoms with van der Waals surface area (Å²) in [5.74, 6) is -0.517. The molecule has 19 heteroatoms. The maximum Gasteiger partial charge on any atom is 0.472 e. The van der Waals surface area contributed by atoms with Gasteiger partial charge in [0.1, 0.15) is 19.3 Å². The summed E-state index contributed by atoms with van der Waals surface area (Å²) < 4.78 is 68.7. The maximum atomic E-state index is 13.1. The Bertz CT molecular complexity index is 2040. The Morgan fingerprint density at radius 1 is 0.327 bits per heavy atom. The summed E-state index contributed by atoms with van der Waals surface area (Å²) in [6.07, 6.45) is 65.8. The predicted molar refractivity (Wildman–Crippen MR) is 414 cm³/mol. The largest absolute Gasteiger partial charge is 0.472 e. The smallest absolute Gasteiger partial charge is 0.462 e. The van der Waals surface area contributed by atoms with Gasteiger partial charge in [0.2, 0.25) is 0 Å². The van der Waals surface area contributed by atoms with Gasteiger partial charge in [0.25, 0.3) is 0 Å². The number of phosphoric acid groups is 2. The van der Waals surface area contributed by atoms with Crippen LogP contribution in [0.5, 0.6) is 0 Å². The molecular formula is C82H156O17P2. The number of allylic oxidation sites excluding steroid dienone is 4. The number of hydrogen-bond donors (Lipinski definition) is 3. The molecule has 596 valence electrons. The van der Waals surface area contributed by atoms with Gasteiger partial charge in [-0.1, -0.05) is 355 Å². The molecule has 0 fully saturated rings. The lowest BCUT2D eigenvalue weighted by Crippen LogP contribution is -2.30. The van der Waals surface area contributed by atoms with E-state index in [4.69, 9.17) is 37.0 Å². The molecule has 0 heterocycles. The first-order chi connectivity index (χ1) is 48.9. The van der Waals surface area contributed by atoms with Crippen molar-refractivity contribution in [1.82, 2.24) is 0 Å². The van der Waals surface area contributed by atoms with Crippen LogP contribution >= 0.6 is 15.6 Å². The zero-order chi connectivity index (χ0) is 74.2. The number of ether oxygens (including phenoxy) is 4. The van der Waals surface area contributed by atoms with Gasteiger partial charge in [-0.2, -0.15) is 0 Å². The van der Waals surface area contributed by atoms with Crippen molar-refractivity contribution in [3.8, 4) is 0 Å². The highest BCUT2D eigenvalue weighted by Gasteiger charge is 2.30. The lowest BCUT2D eigenvalue weighted by Gasteiger charge is -2.21. The molecule has 6 atom stereocenters. The van der Waals surface area contributed by atoms with Gasteiger partial charge in [-0.25, -0.2) is 9.13 Å². The van der Waals surface area contributed by atoms with Crippen LogP contribution < -0.4 is 0 Å². The van der Waals surface area contributed by atoms with Gasteiger partial charge in [-0.3, -0.25) is 37.3 Å². The molecule has 101 heavy (non-hydrogen) atoms. The SMILES string of the molecule is CCCCCC/C=C\C=C/CCCCCCCC(=O)OC[C@H](COP(=O)(O)OC[C@@H](O)COP(=O)(O)OC[C@@H](COC(=O)CCCCCCCCCCCCCCC)OC(=O)CCCCCCCCCCCCCCC(C)C)OC(=O)CCCCCCCCCCCCCCCCC(C)CC. The van der Waals surface area contributed by atoms with E-state index in [1.54, 1.807) is 0 Å². The van der Waals surface area contributed by atoms with E-state index in [0.717, 1.165) is 121 Å². The molecular weight excluding hydrogens is 1320 g/mol. The Hall–Kier alpha value is -2.46. The van der Waals surface area contributed by atoms with Gasteiger partial charge < -0.3 is 33.8 Å². The van der Waals surface area contributed by atoms with Crippen LogP contribution in [0.3, 0.4) is 0 Å². The number of unbranched alkanes of at least 4 members (excludes halogenated alkanes) is 45. The molecule has 17 nitrogen and oxygen atoms in total. The van der Waals surface area contributed by atoms with Gasteiger partial charge in [-0.05, 0) is 63.2 Å². The Balaban J connectivity index is 5.31. The molecule has 0 rings (SSSR count). The molecule has 3 N–H and O–H groups in total. The van der Waals surface area contributed by atoms with E-state index in [0.29, 0.717) is 25.7 Å². The summed E-state index contributed by atoms with van der Waals surface area (Å²) >= 11 is 0. The van der Waals surface area contributed by atoms with Crippen LogP contribution in [0.25, 0.3) is 0 Å². The van der Waals surface area contributed by atoms with E-state index in [1.807, 2.05) is 0 Å². The third-order valence-corrected chi connectivity index (χ3v) is 20.8. The van der Waals surface area contributed by atoms with Crippen molar-refractivity contribution in [2.24, 2.45) is 11.8 Å². The summed E-state index contributed by atoms with van der Waals surface area (Å²) in [6, 6.07) is 0. The molecule has 0 saturated carbocycles. The first-order valence-electron chi connectivity index (χ1n) is 41.8. The number of esters is 4. The molecule has 0 aromatic heterocycles. The lowest BCUT2D eigenvalue weighted by molar-refractivity contribution is -0.161. The number of aliphatic hydroxyl groups excluding tert-OH is 1. The minimum atomic E-state index is -4.97. The highest BCUT2D eigenvalue weighted by atomic mass is 31.2. The molecule has 0 aromatic carbocycles. The van der Waals surface area contributed by atoms with Crippen LogP contribution in [0.2, 0.25) is 0 Å². The zero-order valence-electron chi connectivity index (χ0n) is 65.7. The van der Waals surface area contributed by atoms with Gasteiger partial charge in [0, 0.05) is 25.7 Å². The standard InChI is InChI=1S/C82H156O17P2/c1-7-10-12-14-16-18-20-22-23-28-35-41-47-53-59-65-80(85)93-71-77(98-81(86)66-60-54-48-42-36-29-25-24-27-33-39-45-51-57-63-75(6)9-3)72-96-100(88,89)94-68-76(83)69-95-101(90,91)97-73-78(70-92-79(84)64-58-52-46-40-34-26-21-19-17-15-13-11-8-2)99-82(87)67-61-55-49-43-37-31-30-32-38-44-50-56-62-74(4)5/h18,20,22-23,74-78,83H,7-17,19,21,24-73H2,1-6H3,(H,88,89)(H,90,91)/b20-18-,23-22-/t75?,76-,77-,78-/m1/s1. The molecule has 0 aliphatic heterocycles. The van der Waals surface area contributed by atoms with E-state index < -0.39 is 97.5 Å². The van der Waals surface area contributed by atoms with Crippen molar-refractivity contribution >= 4 is 39.5 Å². The minimum absolute atomic E-state index is 0.101. The second-order valence-electron chi connectivity index (χ2n) is 29.5. The van der Waals surface area contributed by atoms with Crippen LogP contribution in [-0.2, 0) is 65.4 Å². The number of carbonyl (C=O) groups excluding carboxylic acids is 4. The van der Waals surface area contributed by atoms with Crippen LogP contribution in [0.4, 0.5) is 0 Å². The first-order valence-corrected chi connectivity index (χ1v) is 44.8. The number of carbonyl (C=O) groups is 4. The Morgan fingerprint density at radius 2 is 0.584 bits per heavy atom. The van der Waals surface area contributed by atoms with Crippen molar-refractivity contribution < 1.29 is 80.2 Å². The Kier molecular flexibility index (Phi) is 71.3. The van der Waals surface area contributed by atoms with E-state index in [2.05, 4.69) is 65.8 Å². The summed E-state index contributed by atoms with van der Waals surface area (Å²) in [5.41, 5.74) is 0. The van der Waals surface area contributed by atoms with E-state index in [-0.39, 0.29) is 25.7 Å². The number of phosphoric ester groups is 2. The number of hydrogen-bond acceptors (Lipinski definition) is 15. The second-order valence-corrected chi connectivity index (χ2v) is 32.5. The Morgan fingerprint density at radius 3 is 0.891 bits per heavy atom. The van der Waals surface area contributed by atoms with Crippen molar-refractivity contribution in [2.45, 2.75) is 426 Å². The fourth-order valence-corrected chi connectivity index (χ4v) is 13.7. The highest BCUT2D eigenvalue weighted by Crippen LogP contribution is 2.45. The molecule has 3 unspecified atom stereocenters. The van der Waals surface area contributed by atoms with Gasteiger partial charge in [-0.15, -0.1) is 0 Å². The zero-order valence-corrected chi connectivity index (χ0v) is 67.5. The van der Waals surface area contributed by atoms with Gasteiger partial charge >= 0.3 is 39.5 Å². The molecule has 0 bridgehead atoms. The molecule has 0 aromatic rings. The fraction of sp³-hybridized carbons (Fsp3) is 0.902. The molecule has 0 aliphatic rings. The third kappa shape index (κ3) is 74.2. The molecule has 0 spiro atoms. The molecule has 0 radical (unpaired) electrons. The van der Waals surface area contributed by atoms with Crippen LogP contribution in [0.15, 0.2) is 24.3 Å². The van der Waals surface area contributed by atoms with Crippen molar-refractivity contribution in [3.05, 3.63) is 24.3 Å². The van der Waals surface area contributed by atoms with Gasteiger partial charge in [0.15, 0.2) is 12.2 Å². The summed E-state index contributed by atoms with van der Waals surface area (Å²) in [6.45, 7) is 9.64. The van der Waals surface area contributed by atoms with Crippen molar-refractivity contribution in [1.29, 1.82) is 0 Å². The van der Waals surface area contributed by atoms with E-state index in [1.165, 1.54) is 205 Å². The number of rotatable bonds is 79. The fourth-order valence-electron chi connectivity index (χ4n) is 12.1. The van der Waals surface area contributed by atoms with Crippen LogP contribution in [0.1, 0.15) is 408 Å². The normalized spacial score (nSPS) is 14.3. The average Bonchev–Trinajstić information content (AvgIpc) is 1.57. The summed E-state index contributed by atoms with van der Waals surface area (Å²) in [5, 5.41) is 10.7. The first kappa shape index (κ1) is 98.5. The minimum Gasteiger partial charge on any atom is -0.462 e. The van der Waals surface area contributed by atoms with E-state index in [9.17, 15) is 43.2 Å². The molecule has 0 aliphatic carbocycles. The Labute approximate surface area is 618 Å². The van der Waals surface area contributed by atoms with E-state index >= 15 is 0 Å². The van der Waals surface area contributed by atoms with Crippen LogP contribution in [0, 0.1) is 11.8 Å². The third-order valence-electron chi connectivity index (χ3n) is 18.9. The topological polar surface area (TPSA) is 237 Å². The quantitative estimate of drug-likeness (QED) is 0.0169. The monoisotopic (exact) mass is 1480 g/mol. The highest BCUT2D eigenvalue weighted by molar-refractivity contribution is 7.47. The maximum absolute atomic E-state index is 13.1. The average molecular weight is 1480 g/mol.